The van der Waals surface area contributed by atoms with Crippen molar-refractivity contribution in [2.75, 3.05) is 26.3 Å². The van der Waals surface area contributed by atoms with E-state index in [0.29, 0.717) is 6.54 Å². The Hall–Kier alpha value is -2.19. The van der Waals surface area contributed by atoms with Crippen molar-refractivity contribution < 1.29 is 29.0 Å². The Morgan fingerprint density at radius 3 is 2.64 bits per heavy atom. The number of carbonyl (C=O) groups is 3. The molecule has 0 bridgehead atoms. The second-order valence-electron chi connectivity index (χ2n) is 8.68. The molecule has 4 heterocycles. The highest BCUT2D eigenvalue weighted by Crippen LogP contribution is 2.53. The molecule has 0 aromatic heterocycles. The van der Waals surface area contributed by atoms with Gasteiger partial charge in [0.05, 0.1) is 18.6 Å². The predicted molar refractivity (Wildman–Crippen MR) is 97.9 cm³/mol. The lowest BCUT2D eigenvalue weighted by Gasteiger charge is -2.40. The molecule has 1 unspecified atom stereocenters. The van der Waals surface area contributed by atoms with Gasteiger partial charge in [-0.1, -0.05) is 18.2 Å². The van der Waals surface area contributed by atoms with Crippen LogP contribution < -0.4 is 0 Å². The molecule has 2 fully saturated rings. The third-order valence-electron chi connectivity index (χ3n) is 6.06. The highest BCUT2D eigenvalue weighted by atomic mass is 16.6. The number of cyclic esters (lactones) is 1. The topological polar surface area (TPSA) is 96.4 Å². The van der Waals surface area contributed by atoms with E-state index in [4.69, 9.17) is 9.47 Å². The first-order valence-corrected chi connectivity index (χ1v) is 9.64. The van der Waals surface area contributed by atoms with Crippen LogP contribution in [0, 0.1) is 11.8 Å². The van der Waals surface area contributed by atoms with E-state index in [2.05, 4.69) is 0 Å². The SMILES string of the molecule is CC(C)(C)N1CC=C[C@]23O[C@@H]4C=CCOC(=O)[C@@H]4[C@H]2C(=O)N(CCO)C3C1=O. The fourth-order valence-corrected chi connectivity index (χ4v) is 4.92. The molecule has 2 saturated heterocycles. The second-order valence-corrected chi connectivity index (χ2v) is 8.68. The smallest absolute Gasteiger partial charge is 0.313 e. The third kappa shape index (κ3) is 2.54. The maximum absolute atomic E-state index is 13.6. The summed E-state index contributed by atoms with van der Waals surface area (Å²) in [5.74, 6) is -2.75. The van der Waals surface area contributed by atoms with Crippen LogP contribution in [0.2, 0.25) is 0 Å². The van der Waals surface area contributed by atoms with Crippen LogP contribution in [0.5, 0.6) is 0 Å². The van der Waals surface area contributed by atoms with Crippen molar-refractivity contribution in [3.63, 3.8) is 0 Å². The van der Waals surface area contributed by atoms with Gasteiger partial charge in [-0.05, 0) is 26.8 Å². The standard InChI is InChI=1S/C20H26N2O6/c1-19(2,3)22-8-5-7-20-14(13-12(28-20)6-4-11-27-18(13)26)16(24)21(9-10-23)15(20)17(22)25/h4-7,12-15,23H,8-11H2,1-3H3/t12-,13+,14+,15?,20+/m1/s1. The highest BCUT2D eigenvalue weighted by Gasteiger charge is 2.72. The molecule has 8 heteroatoms. The van der Waals surface area contributed by atoms with Crippen molar-refractivity contribution in [2.24, 2.45) is 11.8 Å². The highest BCUT2D eigenvalue weighted by molar-refractivity contribution is 5.99. The number of β-amino-alcohol motifs (C(OH)–C–C–N with tert-alkyl or cyclic N) is 1. The van der Waals surface area contributed by atoms with E-state index in [1.807, 2.05) is 26.8 Å². The van der Waals surface area contributed by atoms with Crippen molar-refractivity contribution in [3.05, 3.63) is 24.3 Å². The first kappa shape index (κ1) is 19.1. The predicted octanol–water partition coefficient (Wildman–Crippen LogP) is -0.131. The van der Waals surface area contributed by atoms with Crippen LogP contribution in [0.1, 0.15) is 20.8 Å². The summed E-state index contributed by atoms with van der Waals surface area (Å²) in [6.45, 7) is 6.04. The Bertz CT molecular complexity index is 769. The Morgan fingerprint density at radius 1 is 1.21 bits per heavy atom. The van der Waals surface area contributed by atoms with E-state index in [1.165, 1.54) is 4.90 Å². The van der Waals surface area contributed by atoms with Gasteiger partial charge in [-0.15, -0.1) is 0 Å². The monoisotopic (exact) mass is 390 g/mol. The zero-order valence-electron chi connectivity index (χ0n) is 16.3. The van der Waals surface area contributed by atoms with Gasteiger partial charge in [0.15, 0.2) is 0 Å². The average Bonchev–Trinajstić information content (AvgIpc) is 2.89. The Labute approximate surface area is 163 Å². The summed E-state index contributed by atoms with van der Waals surface area (Å²) in [5, 5.41) is 9.53. The number of fused-ring (bicyclic) bond motifs is 2. The summed E-state index contributed by atoms with van der Waals surface area (Å²) in [7, 11) is 0. The second kappa shape index (κ2) is 6.42. The molecule has 2 amide bonds. The van der Waals surface area contributed by atoms with Crippen LogP contribution in [0.15, 0.2) is 24.3 Å². The minimum absolute atomic E-state index is 0.00491. The summed E-state index contributed by atoms with van der Waals surface area (Å²) < 4.78 is 11.6. The molecule has 0 saturated carbocycles. The molecule has 152 valence electrons. The number of nitrogens with zero attached hydrogens (tertiary/aromatic N) is 2. The van der Waals surface area contributed by atoms with E-state index in [-0.39, 0.29) is 31.6 Å². The summed E-state index contributed by atoms with van der Waals surface area (Å²) in [6, 6.07) is -0.928. The molecular weight excluding hydrogens is 364 g/mol. The molecule has 8 nitrogen and oxygen atoms in total. The van der Waals surface area contributed by atoms with Crippen LogP contribution in [-0.2, 0) is 23.9 Å². The van der Waals surface area contributed by atoms with E-state index >= 15 is 0 Å². The number of aliphatic hydroxyl groups excluding tert-OH is 1. The molecule has 4 aliphatic rings. The minimum Gasteiger partial charge on any atom is -0.461 e. The first-order valence-electron chi connectivity index (χ1n) is 9.64. The van der Waals surface area contributed by atoms with Gasteiger partial charge in [-0.3, -0.25) is 14.4 Å². The number of ether oxygens (including phenoxy) is 2. The van der Waals surface area contributed by atoms with Crippen molar-refractivity contribution in [3.8, 4) is 0 Å². The lowest BCUT2D eigenvalue weighted by atomic mass is 9.78. The van der Waals surface area contributed by atoms with Gasteiger partial charge < -0.3 is 24.4 Å². The maximum atomic E-state index is 13.6. The van der Waals surface area contributed by atoms with Crippen molar-refractivity contribution >= 4 is 17.8 Å². The molecule has 4 aliphatic heterocycles. The number of likely N-dealkylation sites (tertiary alicyclic amines) is 1. The lowest BCUT2D eigenvalue weighted by molar-refractivity contribution is -0.154. The first-order chi connectivity index (χ1) is 13.2. The minimum atomic E-state index is -1.25. The van der Waals surface area contributed by atoms with Gasteiger partial charge >= 0.3 is 5.97 Å². The molecule has 1 N–H and O–H groups in total. The van der Waals surface area contributed by atoms with Crippen molar-refractivity contribution in [1.29, 1.82) is 0 Å². The molecule has 5 atom stereocenters. The zero-order chi connectivity index (χ0) is 20.3. The molecule has 4 rings (SSSR count). The number of carbonyl (C=O) groups excluding carboxylic acids is 3. The molecule has 0 aromatic carbocycles. The quantitative estimate of drug-likeness (QED) is 0.521. The fraction of sp³-hybridized carbons (Fsp3) is 0.650. The van der Waals surface area contributed by atoms with Crippen LogP contribution in [-0.4, -0.2) is 82.3 Å². The number of rotatable bonds is 2. The Balaban J connectivity index is 1.85. The van der Waals surface area contributed by atoms with E-state index < -0.39 is 41.1 Å². The normalized spacial score (nSPS) is 37.4. The van der Waals surface area contributed by atoms with Gasteiger partial charge in [0, 0.05) is 18.6 Å². The number of hydrogen-bond acceptors (Lipinski definition) is 6. The zero-order valence-corrected chi connectivity index (χ0v) is 16.3. The molecule has 0 radical (unpaired) electrons. The Kier molecular flexibility index (Phi) is 4.39. The van der Waals surface area contributed by atoms with Crippen LogP contribution in [0.4, 0.5) is 0 Å². The van der Waals surface area contributed by atoms with Crippen LogP contribution in [0.25, 0.3) is 0 Å². The van der Waals surface area contributed by atoms with Crippen molar-refractivity contribution in [2.45, 2.75) is 44.1 Å². The largest absolute Gasteiger partial charge is 0.461 e. The lowest BCUT2D eigenvalue weighted by Crippen LogP contribution is -2.59. The van der Waals surface area contributed by atoms with Gasteiger partial charge in [0.25, 0.3) is 0 Å². The Morgan fingerprint density at radius 2 is 1.96 bits per heavy atom. The van der Waals surface area contributed by atoms with Crippen LogP contribution in [0.3, 0.4) is 0 Å². The summed E-state index contributed by atoms with van der Waals surface area (Å²) in [5.41, 5.74) is -1.71. The van der Waals surface area contributed by atoms with E-state index in [1.54, 1.807) is 23.1 Å². The number of esters is 1. The fourth-order valence-electron chi connectivity index (χ4n) is 4.92. The van der Waals surface area contributed by atoms with Gasteiger partial charge in [0.1, 0.15) is 24.2 Å². The van der Waals surface area contributed by atoms with E-state index in [0.717, 1.165) is 0 Å². The maximum Gasteiger partial charge on any atom is 0.313 e. The van der Waals surface area contributed by atoms with Gasteiger partial charge in [-0.2, -0.15) is 0 Å². The summed E-state index contributed by atoms with van der Waals surface area (Å²) >= 11 is 0. The molecule has 0 aromatic rings. The third-order valence-corrected chi connectivity index (χ3v) is 6.06. The molecule has 1 spiro atoms. The summed E-state index contributed by atoms with van der Waals surface area (Å²) in [6.07, 6.45) is 6.44. The van der Waals surface area contributed by atoms with Gasteiger partial charge in [0.2, 0.25) is 11.8 Å². The molecular formula is C20H26N2O6. The van der Waals surface area contributed by atoms with Crippen molar-refractivity contribution in [1.82, 2.24) is 9.80 Å². The van der Waals surface area contributed by atoms with Gasteiger partial charge in [-0.25, -0.2) is 0 Å². The summed E-state index contributed by atoms with van der Waals surface area (Å²) in [4.78, 5) is 42.7. The van der Waals surface area contributed by atoms with E-state index in [9.17, 15) is 19.5 Å². The average molecular weight is 390 g/mol. The number of amides is 2. The molecule has 28 heavy (non-hydrogen) atoms. The molecule has 0 aliphatic carbocycles. The number of hydrogen-bond donors (Lipinski definition) is 1. The van der Waals surface area contributed by atoms with Crippen LogP contribution >= 0.6 is 0 Å². The number of aliphatic hydroxyl groups is 1.